The molecule has 0 saturated heterocycles. The number of nitrogens with zero attached hydrogens (tertiary/aromatic N) is 3. The molecule has 0 aliphatic heterocycles. The Labute approximate surface area is 142 Å². The van der Waals surface area contributed by atoms with Crippen molar-refractivity contribution < 1.29 is 4.74 Å². The number of hydrogen-bond donors (Lipinski definition) is 1. The Morgan fingerprint density at radius 1 is 1.12 bits per heavy atom. The smallest absolute Gasteiger partial charge is 0.146 e. The van der Waals surface area contributed by atoms with Gasteiger partial charge < -0.3 is 10.5 Å². The van der Waals surface area contributed by atoms with E-state index >= 15 is 0 Å². The van der Waals surface area contributed by atoms with Crippen molar-refractivity contribution in [2.45, 2.75) is 26.4 Å². The van der Waals surface area contributed by atoms with Gasteiger partial charge in [0.25, 0.3) is 0 Å². The zero-order valence-corrected chi connectivity index (χ0v) is 13.9. The highest BCUT2D eigenvalue weighted by atomic mass is 16.5. The first-order chi connectivity index (χ1) is 11.7. The Morgan fingerprint density at radius 3 is 2.75 bits per heavy atom. The molecule has 0 aliphatic carbocycles. The van der Waals surface area contributed by atoms with E-state index in [1.165, 1.54) is 5.56 Å². The third-order valence-electron chi connectivity index (χ3n) is 3.76. The Kier molecular flexibility index (Phi) is 5.23. The maximum Gasteiger partial charge on any atom is 0.146 e. The zero-order chi connectivity index (χ0) is 16.8. The molecule has 3 rings (SSSR count). The van der Waals surface area contributed by atoms with E-state index in [1.54, 1.807) is 6.20 Å². The van der Waals surface area contributed by atoms with Gasteiger partial charge in [0, 0.05) is 30.3 Å². The van der Waals surface area contributed by atoms with Crippen LogP contribution in [0.5, 0.6) is 0 Å². The van der Waals surface area contributed by atoms with E-state index in [9.17, 15) is 0 Å². The molecular weight excluding hydrogens is 300 g/mol. The van der Waals surface area contributed by atoms with Crippen molar-refractivity contribution in [2.75, 3.05) is 12.3 Å². The molecule has 24 heavy (non-hydrogen) atoms. The fraction of sp³-hybridized carbons (Fsp3) is 0.263. The molecular formula is C19H22N4O. The minimum Gasteiger partial charge on any atom is -0.382 e. The summed E-state index contributed by atoms with van der Waals surface area (Å²) < 4.78 is 7.63. The summed E-state index contributed by atoms with van der Waals surface area (Å²) in [5.74, 6) is 0.532. The molecule has 2 aromatic heterocycles. The zero-order valence-electron chi connectivity index (χ0n) is 13.9. The molecule has 0 saturated carbocycles. The van der Waals surface area contributed by atoms with Gasteiger partial charge in [-0.25, -0.2) is 4.68 Å². The van der Waals surface area contributed by atoms with Crippen molar-refractivity contribution in [2.24, 2.45) is 0 Å². The van der Waals surface area contributed by atoms with Crippen molar-refractivity contribution in [3.05, 3.63) is 71.7 Å². The molecule has 0 fully saturated rings. The van der Waals surface area contributed by atoms with Crippen LogP contribution >= 0.6 is 0 Å². The highest BCUT2D eigenvalue weighted by Gasteiger charge is 2.08. The van der Waals surface area contributed by atoms with Crippen LogP contribution < -0.4 is 5.73 Å². The predicted molar refractivity (Wildman–Crippen MR) is 94.9 cm³/mol. The third-order valence-corrected chi connectivity index (χ3v) is 3.76. The lowest BCUT2D eigenvalue weighted by Gasteiger charge is -2.08. The number of rotatable bonds is 7. The number of benzene rings is 1. The Hall–Kier alpha value is -2.66. The van der Waals surface area contributed by atoms with Gasteiger partial charge in [-0.15, -0.1) is 0 Å². The lowest BCUT2D eigenvalue weighted by molar-refractivity contribution is 0.118. The molecule has 124 valence electrons. The number of ether oxygens (including phenoxy) is 1. The van der Waals surface area contributed by atoms with Gasteiger partial charge in [-0.3, -0.25) is 4.98 Å². The Morgan fingerprint density at radius 2 is 1.96 bits per heavy atom. The average Bonchev–Trinajstić information content (AvgIpc) is 2.96. The van der Waals surface area contributed by atoms with E-state index in [2.05, 4.69) is 22.2 Å². The maximum atomic E-state index is 5.88. The first-order valence-electron chi connectivity index (χ1n) is 8.11. The molecule has 0 spiro atoms. The van der Waals surface area contributed by atoms with Crippen LogP contribution in [-0.4, -0.2) is 21.4 Å². The molecule has 3 aromatic rings. The number of anilines is 1. The topological polar surface area (TPSA) is 66.0 Å². The van der Waals surface area contributed by atoms with E-state index < -0.39 is 0 Å². The van der Waals surface area contributed by atoms with Gasteiger partial charge in [0.1, 0.15) is 5.82 Å². The molecule has 5 heteroatoms. The van der Waals surface area contributed by atoms with Crippen LogP contribution in [0.2, 0.25) is 0 Å². The van der Waals surface area contributed by atoms with Crippen LogP contribution in [0.25, 0.3) is 5.69 Å². The summed E-state index contributed by atoms with van der Waals surface area (Å²) in [4.78, 5) is 4.22. The Balaban J connectivity index is 1.56. The highest BCUT2D eigenvalue weighted by molar-refractivity contribution is 5.39. The number of pyridine rings is 1. The summed E-state index contributed by atoms with van der Waals surface area (Å²) in [6.07, 6.45) is 3.57. The third kappa shape index (κ3) is 4.20. The first kappa shape index (κ1) is 16.2. The summed E-state index contributed by atoms with van der Waals surface area (Å²) >= 11 is 0. The predicted octanol–water partition coefficient (Wildman–Crippen LogP) is 3.31. The molecule has 0 radical (unpaired) electrons. The number of aromatic nitrogens is 3. The molecule has 0 atom stereocenters. The summed E-state index contributed by atoms with van der Waals surface area (Å²) in [5.41, 5.74) is 10.1. The number of nitrogen functional groups attached to an aromatic ring is 1. The van der Waals surface area contributed by atoms with Gasteiger partial charge in [-0.1, -0.05) is 30.3 Å². The maximum absolute atomic E-state index is 5.88. The second-order valence-electron chi connectivity index (χ2n) is 5.77. The van der Waals surface area contributed by atoms with E-state index in [4.69, 9.17) is 10.5 Å². The van der Waals surface area contributed by atoms with E-state index in [1.807, 2.05) is 48.0 Å². The Bertz CT molecular complexity index is 783. The van der Waals surface area contributed by atoms with Crippen LogP contribution in [-0.2, 0) is 17.8 Å². The molecule has 0 amide bonds. The normalized spacial score (nSPS) is 10.9. The molecule has 1 aromatic carbocycles. The fourth-order valence-corrected chi connectivity index (χ4v) is 2.62. The minimum atomic E-state index is 0.532. The van der Waals surface area contributed by atoms with Gasteiger partial charge in [-0.05, 0) is 37.5 Å². The van der Waals surface area contributed by atoms with Crippen LogP contribution in [0.1, 0.15) is 23.4 Å². The quantitative estimate of drug-likeness (QED) is 0.678. The van der Waals surface area contributed by atoms with E-state index in [0.717, 1.165) is 29.9 Å². The van der Waals surface area contributed by atoms with Crippen LogP contribution in [0.15, 0.2) is 54.7 Å². The number of nitrogens with two attached hydrogens (primary N) is 1. The van der Waals surface area contributed by atoms with Crippen molar-refractivity contribution in [3.63, 3.8) is 0 Å². The van der Waals surface area contributed by atoms with Crippen LogP contribution in [0, 0.1) is 6.92 Å². The average molecular weight is 322 g/mol. The first-order valence-corrected chi connectivity index (χ1v) is 8.11. The molecule has 0 bridgehead atoms. The molecule has 0 aliphatic rings. The second-order valence-corrected chi connectivity index (χ2v) is 5.77. The van der Waals surface area contributed by atoms with Gasteiger partial charge >= 0.3 is 0 Å². The summed E-state index contributed by atoms with van der Waals surface area (Å²) in [6.45, 7) is 3.31. The fourth-order valence-electron chi connectivity index (χ4n) is 2.62. The van der Waals surface area contributed by atoms with E-state index in [0.29, 0.717) is 19.0 Å². The van der Waals surface area contributed by atoms with Crippen molar-refractivity contribution in [1.82, 2.24) is 14.8 Å². The largest absolute Gasteiger partial charge is 0.382 e. The summed E-state index contributed by atoms with van der Waals surface area (Å²) in [5, 5.41) is 4.39. The second kappa shape index (κ2) is 7.75. The summed E-state index contributed by atoms with van der Waals surface area (Å²) in [7, 11) is 0. The lowest BCUT2D eigenvalue weighted by atomic mass is 10.2. The van der Waals surface area contributed by atoms with Crippen molar-refractivity contribution in [3.8, 4) is 5.69 Å². The van der Waals surface area contributed by atoms with Gasteiger partial charge in [0.2, 0.25) is 0 Å². The van der Waals surface area contributed by atoms with Crippen molar-refractivity contribution >= 4 is 5.82 Å². The molecule has 2 heterocycles. The van der Waals surface area contributed by atoms with Gasteiger partial charge in [-0.2, -0.15) is 5.10 Å². The lowest BCUT2D eigenvalue weighted by Crippen LogP contribution is -2.05. The number of hydrogen-bond acceptors (Lipinski definition) is 4. The standard InChI is InChI=1S/C19H22N4O/c1-15-12-18(9-10-21-15)23-17(13-19(20)22-23)8-5-11-24-14-16-6-3-2-4-7-16/h2-4,6-7,9-10,12-13H,5,8,11,14H2,1H3,(H2,20,22). The molecule has 5 nitrogen and oxygen atoms in total. The van der Waals surface area contributed by atoms with Gasteiger partial charge in [0.05, 0.1) is 12.3 Å². The highest BCUT2D eigenvalue weighted by Crippen LogP contribution is 2.16. The van der Waals surface area contributed by atoms with Crippen LogP contribution in [0.4, 0.5) is 5.82 Å². The van der Waals surface area contributed by atoms with Gasteiger partial charge in [0.15, 0.2) is 0 Å². The summed E-state index contributed by atoms with van der Waals surface area (Å²) in [6, 6.07) is 16.1. The van der Waals surface area contributed by atoms with Crippen molar-refractivity contribution in [1.29, 1.82) is 0 Å². The van der Waals surface area contributed by atoms with Crippen LogP contribution in [0.3, 0.4) is 0 Å². The van der Waals surface area contributed by atoms with E-state index in [-0.39, 0.29) is 0 Å². The molecule has 0 unspecified atom stereocenters. The minimum absolute atomic E-state index is 0.532. The monoisotopic (exact) mass is 322 g/mol. The number of aryl methyl sites for hydroxylation is 2. The molecule has 2 N–H and O–H groups in total. The SMILES string of the molecule is Cc1cc(-n2nc(N)cc2CCCOCc2ccccc2)ccn1.